The lowest BCUT2D eigenvalue weighted by Crippen LogP contribution is -2.39. The number of piperidine rings is 1. The number of amides is 1. The SMILES string of the molecule is O=C(O)c1cccn1C1CCN(C(=O)c2ccc[nH]2)CC1. The maximum absolute atomic E-state index is 12.2. The first-order valence-corrected chi connectivity index (χ1v) is 6.99. The van der Waals surface area contributed by atoms with E-state index in [2.05, 4.69) is 4.98 Å². The maximum Gasteiger partial charge on any atom is 0.352 e. The largest absolute Gasteiger partial charge is 0.477 e. The number of nitrogens with zero attached hydrogens (tertiary/aromatic N) is 2. The molecule has 2 aromatic heterocycles. The van der Waals surface area contributed by atoms with E-state index in [1.165, 1.54) is 0 Å². The molecular formula is C15H17N3O3. The Labute approximate surface area is 122 Å². The average Bonchev–Trinajstić information content (AvgIpc) is 3.18. The van der Waals surface area contributed by atoms with Crippen molar-refractivity contribution in [3.63, 3.8) is 0 Å². The summed E-state index contributed by atoms with van der Waals surface area (Å²) in [7, 11) is 0. The van der Waals surface area contributed by atoms with Gasteiger partial charge in [-0.15, -0.1) is 0 Å². The van der Waals surface area contributed by atoms with Crippen molar-refractivity contribution >= 4 is 11.9 Å². The molecule has 2 N–H and O–H groups in total. The summed E-state index contributed by atoms with van der Waals surface area (Å²) < 4.78 is 1.80. The minimum absolute atomic E-state index is 0.00409. The number of hydrogen-bond acceptors (Lipinski definition) is 2. The van der Waals surface area contributed by atoms with E-state index in [0.29, 0.717) is 24.5 Å². The van der Waals surface area contributed by atoms with Gasteiger partial charge in [0.1, 0.15) is 11.4 Å². The van der Waals surface area contributed by atoms with Crippen LogP contribution in [0.15, 0.2) is 36.7 Å². The van der Waals surface area contributed by atoms with Gasteiger partial charge in [0.25, 0.3) is 5.91 Å². The molecule has 1 saturated heterocycles. The van der Waals surface area contributed by atoms with E-state index in [9.17, 15) is 9.59 Å². The van der Waals surface area contributed by atoms with E-state index in [0.717, 1.165) is 12.8 Å². The molecule has 21 heavy (non-hydrogen) atoms. The monoisotopic (exact) mass is 287 g/mol. The van der Waals surface area contributed by atoms with Gasteiger partial charge in [0.05, 0.1) is 0 Å². The topological polar surface area (TPSA) is 78.3 Å². The number of aromatic carboxylic acids is 1. The number of aromatic amines is 1. The summed E-state index contributed by atoms with van der Waals surface area (Å²) in [5.74, 6) is -0.908. The Hall–Kier alpha value is -2.50. The summed E-state index contributed by atoms with van der Waals surface area (Å²) in [5, 5.41) is 9.16. The van der Waals surface area contributed by atoms with Crippen molar-refractivity contribution in [3.05, 3.63) is 48.0 Å². The highest BCUT2D eigenvalue weighted by Crippen LogP contribution is 2.25. The summed E-state index contributed by atoms with van der Waals surface area (Å²) >= 11 is 0. The molecule has 1 amide bonds. The Morgan fingerprint density at radius 2 is 1.95 bits per heavy atom. The fourth-order valence-electron chi connectivity index (χ4n) is 2.87. The molecule has 110 valence electrons. The van der Waals surface area contributed by atoms with Crippen molar-refractivity contribution in [1.29, 1.82) is 0 Å². The van der Waals surface area contributed by atoms with Gasteiger partial charge in [0.15, 0.2) is 0 Å². The molecule has 0 atom stereocenters. The van der Waals surface area contributed by atoms with Gasteiger partial charge in [-0.3, -0.25) is 4.79 Å². The lowest BCUT2D eigenvalue weighted by Gasteiger charge is -2.33. The predicted octanol–water partition coefficient (Wildman–Crippen LogP) is 1.99. The highest BCUT2D eigenvalue weighted by molar-refractivity contribution is 5.92. The number of likely N-dealkylation sites (tertiary alicyclic amines) is 1. The molecule has 1 aliphatic rings. The fourth-order valence-corrected chi connectivity index (χ4v) is 2.87. The zero-order valence-corrected chi connectivity index (χ0v) is 11.5. The number of carbonyl (C=O) groups is 2. The van der Waals surface area contributed by atoms with E-state index in [1.807, 2.05) is 4.90 Å². The van der Waals surface area contributed by atoms with E-state index in [4.69, 9.17) is 5.11 Å². The molecule has 0 aromatic carbocycles. The standard InChI is InChI=1S/C15H17N3O3/c19-14(12-3-1-7-16-12)17-9-5-11(6-10-17)18-8-2-4-13(18)15(20)21/h1-4,7-8,11,16H,5-6,9-10H2,(H,20,21). The highest BCUT2D eigenvalue weighted by atomic mass is 16.4. The molecule has 6 heteroatoms. The fraction of sp³-hybridized carbons (Fsp3) is 0.333. The average molecular weight is 287 g/mol. The van der Waals surface area contributed by atoms with Crippen LogP contribution in [0.1, 0.15) is 39.9 Å². The summed E-state index contributed by atoms with van der Waals surface area (Å²) in [4.78, 5) is 28.1. The zero-order chi connectivity index (χ0) is 14.8. The van der Waals surface area contributed by atoms with Crippen molar-refractivity contribution in [2.75, 3.05) is 13.1 Å². The van der Waals surface area contributed by atoms with Crippen molar-refractivity contribution in [3.8, 4) is 0 Å². The van der Waals surface area contributed by atoms with Gasteiger partial charge in [-0.25, -0.2) is 4.79 Å². The Morgan fingerprint density at radius 3 is 2.57 bits per heavy atom. The van der Waals surface area contributed by atoms with Crippen LogP contribution < -0.4 is 0 Å². The van der Waals surface area contributed by atoms with Gasteiger partial charge in [-0.2, -0.15) is 0 Å². The summed E-state index contributed by atoms with van der Waals surface area (Å²) in [5.41, 5.74) is 0.907. The van der Waals surface area contributed by atoms with Crippen LogP contribution in [0.5, 0.6) is 0 Å². The third kappa shape index (κ3) is 2.56. The third-order valence-electron chi connectivity index (χ3n) is 3.97. The van der Waals surface area contributed by atoms with E-state index in [-0.39, 0.29) is 11.9 Å². The van der Waals surface area contributed by atoms with Gasteiger partial charge in [-0.1, -0.05) is 0 Å². The first-order chi connectivity index (χ1) is 10.2. The smallest absolute Gasteiger partial charge is 0.352 e. The normalized spacial score (nSPS) is 16.1. The quantitative estimate of drug-likeness (QED) is 0.906. The second kappa shape index (κ2) is 5.47. The maximum atomic E-state index is 12.2. The second-order valence-corrected chi connectivity index (χ2v) is 5.21. The summed E-state index contributed by atoms with van der Waals surface area (Å²) in [6, 6.07) is 7.07. The van der Waals surface area contributed by atoms with Gasteiger partial charge >= 0.3 is 5.97 Å². The molecule has 1 aliphatic heterocycles. The molecule has 0 bridgehead atoms. The molecule has 2 aromatic rings. The zero-order valence-electron chi connectivity index (χ0n) is 11.5. The number of rotatable bonds is 3. The Morgan fingerprint density at radius 1 is 1.19 bits per heavy atom. The molecule has 0 aliphatic carbocycles. The first kappa shape index (κ1) is 13.5. The van der Waals surface area contributed by atoms with Gasteiger partial charge in [0, 0.05) is 31.5 Å². The molecule has 0 spiro atoms. The van der Waals surface area contributed by atoms with Crippen molar-refractivity contribution < 1.29 is 14.7 Å². The molecule has 6 nitrogen and oxygen atoms in total. The minimum Gasteiger partial charge on any atom is -0.477 e. The van der Waals surface area contributed by atoms with Crippen LogP contribution in [0.3, 0.4) is 0 Å². The van der Waals surface area contributed by atoms with Crippen molar-refractivity contribution in [1.82, 2.24) is 14.5 Å². The van der Waals surface area contributed by atoms with Crippen molar-refractivity contribution in [2.24, 2.45) is 0 Å². The number of H-pyrrole nitrogens is 1. The van der Waals surface area contributed by atoms with Crippen LogP contribution in [-0.2, 0) is 0 Å². The number of carbonyl (C=O) groups excluding carboxylic acids is 1. The van der Waals surface area contributed by atoms with E-state index in [1.54, 1.807) is 41.2 Å². The summed E-state index contributed by atoms with van der Waals surface area (Å²) in [6.07, 6.45) is 5.07. The van der Waals surface area contributed by atoms with Crippen molar-refractivity contribution in [2.45, 2.75) is 18.9 Å². The predicted molar refractivity (Wildman–Crippen MR) is 76.4 cm³/mol. The molecule has 0 unspecified atom stereocenters. The Bertz CT molecular complexity index is 637. The summed E-state index contributed by atoms with van der Waals surface area (Å²) in [6.45, 7) is 1.28. The highest BCUT2D eigenvalue weighted by Gasteiger charge is 2.26. The molecular weight excluding hydrogens is 270 g/mol. The number of hydrogen-bond donors (Lipinski definition) is 2. The van der Waals surface area contributed by atoms with Gasteiger partial charge < -0.3 is 19.6 Å². The first-order valence-electron chi connectivity index (χ1n) is 6.99. The minimum atomic E-state index is -0.912. The van der Waals surface area contributed by atoms with Gasteiger partial charge in [0.2, 0.25) is 0 Å². The molecule has 3 rings (SSSR count). The molecule has 3 heterocycles. The number of carboxylic acids is 1. The number of carboxylic acid groups (broad SMARTS) is 1. The lowest BCUT2D eigenvalue weighted by atomic mass is 10.0. The van der Waals surface area contributed by atoms with Gasteiger partial charge in [-0.05, 0) is 37.1 Å². The number of aromatic nitrogens is 2. The van der Waals surface area contributed by atoms with E-state index < -0.39 is 5.97 Å². The lowest BCUT2D eigenvalue weighted by molar-refractivity contribution is 0.0648. The van der Waals surface area contributed by atoms with Crippen LogP contribution in [0.2, 0.25) is 0 Å². The van der Waals surface area contributed by atoms with Crippen LogP contribution in [-0.4, -0.2) is 44.5 Å². The third-order valence-corrected chi connectivity index (χ3v) is 3.97. The van der Waals surface area contributed by atoms with Crippen LogP contribution in [0.25, 0.3) is 0 Å². The number of nitrogens with one attached hydrogen (secondary N) is 1. The van der Waals surface area contributed by atoms with Crippen LogP contribution in [0.4, 0.5) is 0 Å². The van der Waals surface area contributed by atoms with E-state index >= 15 is 0 Å². The molecule has 0 radical (unpaired) electrons. The molecule has 1 fully saturated rings. The Kier molecular flexibility index (Phi) is 3.51. The second-order valence-electron chi connectivity index (χ2n) is 5.21. The van der Waals surface area contributed by atoms with Crippen LogP contribution >= 0.6 is 0 Å². The molecule has 0 saturated carbocycles. The van der Waals surface area contributed by atoms with Crippen LogP contribution in [0, 0.1) is 0 Å². The Balaban J connectivity index is 1.66.